The molecule has 0 fully saturated rings. The Morgan fingerprint density at radius 3 is 2.71 bits per heavy atom. The molecule has 1 atom stereocenters. The monoisotopic (exact) mass is 233 g/mol. The minimum Gasteiger partial charge on any atom is -0.386 e. The van der Waals surface area contributed by atoms with Crippen molar-refractivity contribution in [1.82, 2.24) is 14.3 Å². The fourth-order valence-corrected chi connectivity index (χ4v) is 1.77. The van der Waals surface area contributed by atoms with E-state index in [9.17, 15) is 9.90 Å². The molecular formula is C12H15N3O2. The normalized spacial score (nSPS) is 12.6. The maximum absolute atomic E-state index is 11.6. The molecule has 0 aliphatic rings. The van der Waals surface area contributed by atoms with Crippen LogP contribution < -0.4 is 5.69 Å². The third-order valence-corrected chi connectivity index (χ3v) is 2.78. The smallest absolute Gasteiger partial charge is 0.345 e. The van der Waals surface area contributed by atoms with Gasteiger partial charge in [0.05, 0.1) is 12.6 Å². The number of nitrogens with zero attached hydrogens (tertiary/aromatic N) is 3. The van der Waals surface area contributed by atoms with E-state index < -0.39 is 6.10 Å². The second-order valence-electron chi connectivity index (χ2n) is 4.08. The van der Waals surface area contributed by atoms with Crippen LogP contribution in [0.2, 0.25) is 0 Å². The van der Waals surface area contributed by atoms with Crippen LogP contribution in [0.4, 0.5) is 0 Å². The van der Waals surface area contributed by atoms with Crippen molar-refractivity contribution < 1.29 is 5.11 Å². The highest BCUT2D eigenvalue weighted by Crippen LogP contribution is 2.17. The van der Waals surface area contributed by atoms with Gasteiger partial charge in [0.1, 0.15) is 6.33 Å². The molecule has 2 rings (SSSR count). The second kappa shape index (κ2) is 4.55. The van der Waals surface area contributed by atoms with Crippen LogP contribution in [-0.2, 0) is 13.6 Å². The molecule has 0 amide bonds. The molecular weight excluding hydrogens is 218 g/mol. The molecule has 2 aromatic rings. The second-order valence-corrected chi connectivity index (χ2v) is 4.08. The van der Waals surface area contributed by atoms with Crippen LogP contribution in [-0.4, -0.2) is 19.5 Å². The molecule has 0 radical (unpaired) electrons. The Bertz CT molecular complexity index is 571. The summed E-state index contributed by atoms with van der Waals surface area (Å²) in [4.78, 5) is 11.6. The molecule has 0 saturated carbocycles. The zero-order valence-corrected chi connectivity index (χ0v) is 9.87. The summed E-state index contributed by atoms with van der Waals surface area (Å²) in [6, 6.07) is 7.57. The highest BCUT2D eigenvalue weighted by molar-refractivity contribution is 5.27. The molecule has 5 heteroatoms. The molecule has 1 heterocycles. The lowest BCUT2D eigenvalue weighted by Crippen LogP contribution is -2.25. The van der Waals surface area contributed by atoms with E-state index in [1.54, 1.807) is 7.05 Å². The van der Waals surface area contributed by atoms with Gasteiger partial charge < -0.3 is 5.11 Å². The van der Waals surface area contributed by atoms with Gasteiger partial charge in [0.2, 0.25) is 0 Å². The average Bonchev–Trinajstić information content (AvgIpc) is 2.61. The molecule has 0 aliphatic heterocycles. The van der Waals surface area contributed by atoms with E-state index in [4.69, 9.17) is 0 Å². The summed E-state index contributed by atoms with van der Waals surface area (Å²) in [6.45, 7) is 2.10. The van der Waals surface area contributed by atoms with E-state index in [0.717, 1.165) is 11.1 Å². The zero-order chi connectivity index (χ0) is 12.4. The number of benzene rings is 1. The molecule has 1 aromatic heterocycles. The van der Waals surface area contributed by atoms with Gasteiger partial charge in [-0.15, -0.1) is 0 Å². The first-order valence-corrected chi connectivity index (χ1v) is 5.41. The van der Waals surface area contributed by atoms with E-state index >= 15 is 0 Å². The van der Waals surface area contributed by atoms with Gasteiger partial charge in [0.25, 0.3) is 0 Å². The van der Waals surface area contributed by atoms with E-state index in [1.165, 1.54) is 15.6 Å². The number of hydrogen-bond donors (Lipinski definition) is 1. The molecule has 0 saturated heterocycles. The van der Waals surface area contributed by atoms with Gasteiger partial charge in [-0.1, -0.05) is 24.3 Å². The van der Waals surface area contributed by atoms with Crippen LogP contribution in [0.5, 0.6) is 0 Å². The highest BCUT2D eigenvalue weighted by atomic mass is 16.3. The maximum Gasteiger partial charge on any atom is 0.345 e. The average molecular weight is 233 g/mol. The summed E-state index contributed by atoms with van der Waals surface area (Å²) >= 11 is 0. The number of rotatable bonds is 3. The summed E-state index contributed by atoms with van der Waals surface area (Å²) in [5.41, 5.74) is 1.60. The lowest BCUT2D eigenvalue weighted by atomic mass is 10.0. The predicted octanol–water partition coefficient (Wildman–Crippen LogP) is 0.624. The number of aliphatic hydroxyl groups excluding tert-OH is 1. The van der Waals surface area contributed by atoms with Gasteiger partial charge in [-0.25, -0.2) is 9.48 Å². The van der Waals surface area contributed by atoms with Crippen molar-refractivity contribution in [2.45, 2.75) is 19.6 Å². The van der Waals surface area contributed by atoms with Crippen molar-refractivity contribution in [2.75, 3.05) is 0 Å². The molecule has 1 unspecified atom stereocenters. The lowest BCUT2D eigenvalue weighted by Gasteiger charge is -2.12. The van der Waals surface area contributed by atoms with Gasteiger partial charge in [-0.05, 0) is 18.1 Å². The minimum atomic E-state index is -0.719. The molecule has 0 bridgehead atoms. The third-order valence-electron chi connectivity index (χ3n) is 2.78. The van der Waals surface area contributed by atoms with Crippen molar-refractivity contribution in [3.8, 4) is 0 Å². The van der Waals surface area contributed by atoms with Crippen LogP contribution in [0.1, 0.15) is 17.2 Å². The summed E-state index contributed by atoms with van der Waals surface area (Å²) < 4.78 is 2.64. The summed E-state index contributed by atoms with van der Waals surface area (Å²) in [6.07, 6.45) is 0.719. The first-order valence-electron chi connectivity index (χ1n) is 5.41. The number of aromatic nitrogens is 3. The molecule has 1 aromatic carbocycles. The Morgan fingerprint density at radius 1 is 1.41 bits per heavy atom. The van der Waals surface area contributed by atoms with Gasteiger partial charge >= 0.3 is 5.69 Å². The maximum atomic E-state index is 11.6. The zero-order valence-electron chi connectivity index (χ0n) is 9.87. The van der Waals surface area contributed by atoms with Crippen molar-refractivity contribution in [1.29, 1.82) is 0 Å². The van der Waals surface area contributed by atoms with Gasteiger partial charge in [-0.3, -0.25) is 4.57 Å². The molecule has 1 N–H and O–H groups in total. The lowest BCUT2D eigenvalue weighted by molar-refractivity contribution is 0.149. The molecule has 5 nitrogen and oxygen atoms in total. The topological polar surface area (TPSA) is 60.0 Å². The van der Waals surface area contributed by atoms with Crippen molar-refractivity contribution in [3.05, 3.63) is 52.2 Å². The van der Waals surface area contributed by atoms with E-state index in [2.05, 4.69) is 5.10 Å². The Morgan fingerprint density at radius 2 is 2.12 bits per heavy atom. The SMILES string of the molecule is Cc1ccccc1C(O)Cn1ncn(C)c1=O. The number of aliphatic hydroxyl groups is 1. The van der Waals surface area contributed by atoms with Gasteiger partial charge in [0.15, 0.2) is 0 Å². The quantitative estimate of drug-likeness (QED) is 0.845. The fourth-order valence-electron chi connectivity index (χ4n) is 1.77. The standard InChI is InChI=1S/C12H15N3O2/c1-9-5-3-4-6-10(9)11(16)7-15-12(17)14(2)8-13-15/h3-6,8,11,16H,7H2,1-2H3. The van der Waals surface area contributed by atoms with E-state index in [-0.39, 0.29) is 12.2 Å². The van der Waals surface area contributed by atoms with Crippen LogP contribution in [0.25, 0.3) is 0 Å². The third kappa shape index (κ3) is 2.29. The Hall–Kier alpha value is -1.88. The first kappa shape index (κ1) is 11.6. The highest BCUT2D eigenvalue weighted by Gasteiger charge is 2.13. The van der Waals surface area contributed by atoms with Crippen LogP contribution in [0, 0.1) is 6.92 Å². The largest absolute Gasteiger partial charge is 0.386 e. The van der Waals surface area contributed by atoms with E-state index in [0.29, 0.717) is 0 Å². The van der Waals surface area contributed by atoms with E-state index in [1.807, 2.05) is 31.2 Å². The summed E-state index contributed by atoms with van der Waals surface area (Å²) in [7, 11) is 1.63. The van der Waals surface area contributed by atoms with Crippen LogP contribution in [0.3, 0.4) is 0 Å². The first-order chi connectivity index (χ1) is 8.09. The molecule has 0 spiro atoms. The molecule has 17 heavy (non-hydrogen) atoms. The Labute approximate surface area is 98.9 Å². The number of hydrogen-bond acceptors (Lipinski definition) is 3. The summed E-state index contributed by atoms with van der Waals surface area (Å²) in [5, 5.41) is 14.0. The van der Waals surface area contributed by atoms with Crippen LogP contribution in [0.15, 0.2) is 35.4 Å². The van der Waals surface area contributed by atoms with Gasteiger partial charge in [-0.2, -0.15) is 5.10 Å². The van der Waals surface area contributed by atoms with Crippen molar-refractivity contribution in [2.24, 2.45) is 7.05 Å². The van der Waals surface area contributed by atoms with Crippen molar-refractivity contribution >= 4 is 0 Å². The molecule has 90 valence electrons. The Kier molecular flexibility index (Phi) is 3.10. The molecule has 0 aliphatic carbocycles. The fraction of sp³-hybridized carbons (Fsp3) is 0.333. The predicted molar refractivity (Wildman–Crippen MR) is 63.6 cm³/mol. The minimum absolute atomic E-state index is 0.171. The Balaban J connectivity index is 2.23. The number of aryl methyl sites for hydroxylation is 2. The van der Waals surface area contributed by atoms with Gasteiger partial charge in [0, 0.05) is 7.05 Å². The van der Waals surface area contributed by atoms with Crippen molar-refractivity contribution in [3.63, 3.8) is 0 Å². The van der Waals surface area contributed by atoms with Crippen LogP contribution >= 0.6 is 0 Å². The summed E-state index contributed by atoms with van der Waals surface area (Å²) in [5.74, 6) is 0.